The fourth-order valence-corrected chi connectivity index (χ4v) is 5.26. The molecule has 0 spiro atoms. The first-order chi connectivity index (χ1) is 13.6. The Hall–Kier alpha value is -2.19. The van der Waals surface area contributed by atoms with Crippen LogP contribution in [0.15, 0.2) is 22.3 Å². The molecule has 3 aromatic heterocycles. The van der Waals surface area contributed by atoms with Crippen molar-refractivity contribution in [1.29, 1.82) is 0 Å². The molecule has 3 aromatic rings. The number of aryl methyl sites for hydroxylation is 1. The maximum absolute atomic E-state index is 12.9. The number of hydrogen-bond acceptors (Lipinski definition) is 5. The van der Waals surface area contributed by atoms with Gasteiger partial charge in [0.2, 0.25) is 5.91 Å². The summed E-state index contributed by atoms with van der Waals surface area (Å²) in [4.78, 5) is 29.1. The number of hydrogen-bond donors (Lipinski definition) is 1. The molecule has 8 heteroatoms. The van der Waals surface area contributed by atoms with Gasteiger partial charge in [0.25, 0.3) is 5.56 Å². The van der Waals surface area contributed by atoms with Crippen molar-refractivity contribution in [2.45, 2.75) is 57.7 Å². The summed E-state index contributed by atoms with van der Waals surface area (Å²) in [5.74, 6) is 0.675. The van der Waals surface area contributed by atoms with Crippen LogP contribution in [0.2, 0.25) is 0 Å². The summed E-state index contributed by atoms with van der Waals surface area (Å²) in [5.41, 5.74) is 0.387. The summed E-state index contributed by atoms with van der Waals surface area (Å²) >= 11 is 1.60. The molecule has 1 atom stereocenters. The van der Waals surface area contributed by atoms with Crippen molar-refractivity contribution in [3.63, 3.8) is 0 Å². The van der Waals surface area contributed by atoms with Gasteiger partial charge in [-0.05, 0) is 49.7 Å². The van der Waals surface area contributed by atoms with Gasteiger partial charge in [-0.1, -0.05) is 6.92 Å². The van der Waals surface area contributed by atoms with Gasteiger partial charge in [0.05, 0.1) is 0 Å². The highest BCUT2D eigenvalue weighted by Gasteiger charge is 2.33. The number of fused-ring (bicyclic) bond motifs is 3. The van der Waals surface area contributed by atoms with Crippen LogP contribution in [0, 0.1) is 0 Å². The van der Waals surface area contributed by atoms with Gasteiger partial charge in [-0.25, -0.2) is 4.68 Å². The molecule has 2 fully saturated rings. The number of nitrogens with one attached hydrogen (secondary N) is 1. The van der Waals surface area contributed by atoms with Crippen LogP contribution >= 0.6 is 11.3 Å². The van der Waals surface area contributed by atoms with Crippen LogP contribution in [0.4, 0.5) is 0 Å². The van der Waals surface area contributed by atoms with E-state index in [9.17, 15) is 9.59 Å². The second kappa shape index (κ2) is 7.00. The highest BCUT2D eigenvalue weighted by Crippen LogP contribution is 2.29. The maximum atomic E-state index is 12.9. The third-order valence-corrected chi connectivity index (χ3v) is 6.76. The molecule has 0 unspecified atom stereocenters. The summed E-state index contributed by atoms with van der Waals surface area (Å²) in [6, 6.07) is 4.81. The minimum Gasteiger partial charge on any atom is -0.350 e. The van der Waals surface area contributed by atoms with Crippen LogP contribution in [0.5, 0.6) is 0 Å². The predicted octanol–water partition coefficient (Wildman–Crippen LogP) is 2.02. The number of carbonyl (C=O) groups excluding carboxylic acids is 1. The third kappa shape index (κ3) is 3.14. The van der Waals surface area contributed by atoms with Gasteiger partial charge in [-0.2, -0.15) is 5.10 Å². The van der Waals surface area contributed by atoms with E-state index in [0.29, 0.717) is 11.9 Å². The Bertz CT molecular complexity index is 1090. The van der Waals surface area contributed by atoms with E-state index in [1.807, 2.05) is 28.8 Å². The number of aromatic nitrogens is 3. The Morgan fingerprint density at radius 2 is 2.21 bits per heavy atom. The first-order valence-corrected chi connectivity index (χ1v) is 11.0. The first kappa shape index (κ1) is 17.9. The molecule has 1 amide bonds. The van der Waals surface area contributed by atoms with Crippen molar-refractivity contribution in [3.8, 4) is 0 Å². The fraction of sp³-hybridized carbons (Fsp3) is 0.550. The van der Waals surface area contributed by atoms with Gasteiger partial charge in [-0.15, -0.1) is 11.3 Å². The van der Waals surface area contributed by atoms with Crippen LogP contribution in [0.1, 0.15) is 38.4 Å². The van der Waals surface area contributed by atoms with Gasteiger partial charge >= 0.3 is 0 Å². The van der Waals surface area contributed by atoms with Crippen LogP contribution in [-0.4, -0.2) is 50.2 Å². The number of rotatable bonds is 5. The molecule has 0 bridgehead atoms. The van der Waals surface area contributed by atoms with E-state index < -0.39 is 0 Å². The summed E-state index contributed by atoms with van der Waals surface area (Å²) in [6.45, 7) is 4.05. The Kier molecular flexibility index (Phi) is 4.47. The summed E-state index contributed by atoms with van der Waals surface area (Å²) in [5, 5.41) is 10.7. The highest BCUT2D eigenvalue weighted by atomic mass is 32.1. The van der Waals surface area contributed by atoms with E-state index in [1.165, 1.54) is 17.5 Å². The lowest BCUT2D eigenvalue weighted by Gasteiger charge is -2.33. The van der Waals surface area contributed by atoms with Crippen molar-refractivity contribution in [2.75, 3.05) is 13.1 Å². The molecule has 7 nitrogen and oxygen atoms in total. The summed E-state index contributed by atoms with van der Waals surface area (Å²) < 4.78 is 3.26. The zero-order valence-corrected chi connectivity index (χ0v) is 16.9. The molecule has 5 rings (SSSR count). The lowest BCUT2D eigenvalue weighted by Crippen LogP contribution is -2.49. The molecular weight excluding hydrogens is 374 g/mol. The van der Waals surface area contributed by atoms with Crippen LogP contribution < -0.4 is 10.9 Å². The number of amides is 1. The van der Waals surface area contributed by atoms with Gasteiger partial charge in [0.1, 0.15) is 22.7 Å². The number of likely N-dealkylation sites (tertiary alicyclic amines) is 1. The standard InChI is InChI=1S/C20H25N5O2S/c1-2-17-22-24(19(27)16-10-13-7-9-28-20(13)25(16)17)12-18(26)21-14-4-3-8-23(11-14)15-5-6-15/h7,9-10,14-15H,2-6,8,11-12H2,1H3,(H,21,26)/t14-/m1/s1. The summed E-state index contributed by atoms with van der Waals surface area (Å²) in [6.07, 6.45) is 5.39. The number of piperidine rings is 1. The molecule has 1 saturated carbocycles. The maximum Gasteiger partial charge on any atom is 0.291 e. The lowest BCUT2D eigenvalue weighted by molar-refractivity contribution is -0.123. The predicted molar refractivity (Wildman–Crippen MR) is 110 cm³/mol. The number of carbonyl (C=O) groups is 1. The zero-order valence-electron chi connectivity index (χ0n) is 16.1. The normalized spacial score (nSPS) is 20.8. The van der Waals surface area contributed by atoms with E-state index >= 15 is 0 Å². The topological polar surface area (TPSA) is 71.6 Å². The van der Waals surface area contributed by atoms with E-state index in [1.54, 1.807) is 11.3 Å². The van der Waals surface area contributed by atoms with Crippen LogP contribution in [0.3, 0.4) is 0 Å². The molecular formula is C20H25N5O2S. The highest BCUT2D eigenvalue weighted by molar-refractivity contribution is 7.16. The van der Waals surface area contributed by atoms with Gasteiger partial charge in [0.15, 0.2) is 0 Å². The third-order valence-electron chi connectivity index (χ3n) is 5.85. The van der Waals surface area contributed by atoms with Crippen molar-refractivity contribution < 1.29 is 4.79 Å². The van der Waals surface area contributed by atoms with Gasteiger partial charge in [-0.3, -0.25) is 18.9 Å². The number of nitrogens with zero attached hydrogens (tertiary/aromatic N) is 4. The number of thiophene rings is 1. The molecule has 1 N–H and O–H groups in total. The molecule has 1 aliphatic carbocycles. The van der Waals surface area contributed by atoms with Crippen LogP contribution in [0.25, 0.3) is 15.7 Å². The minimum absolute atomic E-state index is 0.0267. The van der Waals surface area contributed by atoms with E-state index in [0.717, 1.165) is 48.0 Å². The molecule has 148 valence electrons. The Morgan fingerprint density at radius 1 is 1.36 bits per heavy atom. The smallest absolute Gasteiger partial charge is 0.291 e. The quantitative estimate of drug-likeness (QED) is 0.713. The summed E-state index contributed by atoms with van der Waals surface area (Å²) in [7, 11) is 0. The van der Waals surface area contributed by atoms with Gasteiger partial charge in [0, 0.05) is 30.4 Å². The van der Waals surface area contributed by atoms with Gasteiger partial charge < -0.3 is 5.32 Å². The monoisotopic (exact) mass is 399 g/mol. The van der Waals surface area contributed by atoms with E-state index in [-0.39, 0.29) is 24.1 Å². The fourth-order valence-electron chi connectivity index (χ4n) is 4.34. The lowest BCUT2D eigenvalue weighted by atomic mass is 10.1. The largest absolute Gasteiger partial charge is 0.350 e. The van der Waals surface area contributed by atoms with Crippen molar-refractivity contribution in [3.05, 3.63) is 33.7 Å². The second-order valence-corrected chi connectivity index (χ2v) is 8.81. The molecule has 1 aliphatic heterocycles. The minimum atomic E-state index is -0.209. The molecule has 2 aliphatic rings. The zero-order chi connectivity index (χ0) is 19.3. The molecule has 0 radical (unpaired) electrons. The Morgan fingerprint density at radius 3 is 3.00 bits per heavy atom. The average molecular weight is 400 g/mol. The van der Waals surface area contributed by atoms with E-state index in [4.69, 9.17) is 0 Å². The average Bonchev–Trinajstić information content (AvgIpc) is 3.33. The second-order valence-electron chi connectivity index (χ2n) is 7.91. The van der Waals surface area contributed by atoms with Crippen LogP contribution in [-0.2, 0) is 17.8 Å². The van der Waals surface area contributed by atoms with Crippen molar-refractivity contribution in [2.24, 2.45) is 0 Å². The molecule has 28 heavy (non-hydrogen) atoms. The molecule has 0 aromatic carbocycles. The molecule has 1 saturated heterocycles. The van der Waals surface area contributed by atoms with E-state index in [2.05, 4.69) is 15.3 Å². The van der Waals surface area contributed by atoms with Crippen molar-refractivity contribution in [1.82, 2.24) is 24.4 Å². The first-order valence-electron chi connectivity index (χ1n) is 10.2. The Labute approximate surface area is 166 Å². The molecule has 4 heterocycles. The van der Waals surface area contributed by atoms with Crippen molar-refractivity contribution >= 4 is 33.0 Å². The SMILES string of the molecule is CCc1nn(CC(=O)N[C@@H]2CCCN(C3CC3)C2)c(=O)c2cc3ccsc3n12. The Balaban J connectivity index is 1.37.